The number of hydrogen-bond acceptors (Lipinski definition) is 4. The van der Waals surface area contributed by atoms with Gasteiger partial charge in [0.1, 0.15) is 11.9 Å². The number of aromatic nitrogens is 3. The molecule has 2 heterocycles. The van der Waals surface area contributed by atoms with E-state index in [0.29, 0.717) is 17.5 Å². The lowest BCUT2D eigenvalue weighted by molar-refractivity contribution is -0.125. The third-order valence-electron chi connectivity index (χ3n) is 3.28. The standard InChI is InChI=1S/C14H15N5O2/c1-8-3-5-10(6-4-8)16-13(21)11-7-12(20)17-14-15-9(2)18-19(11)14/h3-6,11H,7H2,1-2H3,(H,16,21)(H,15,17,18,20). The van der Waals surface area contributed by atoms with Gasteiger partial charge >= 0.3 is 0 Å². The minimum Gasteiger partial charge on any atom is -0.324 e. The van der Waals surface area contributed by atoms with Crippen molar-refractivity contribution in [2.45, 2.75) is 26.3 Å². The first-order valence-electron chi connectivity index (χ1n) is 6.63. The fourth-order valence-corrected chi connectivity index (χ4v) is 2.24. The van der Waals surface area contributed by atoms with Gasteiger partial charge in [0.15, 0.2) is 0 Å². The van der Waals surface area contributed by atoms with Gasteiger partial charge < -0.3 is 5.32 Å². The highest BCUT2D eigenvalue weighted by molar-refractivity contribution is 6.00. The molecule has 7 nitrogen and oxygen atoms in total. The van der Waals surface area contributed by atoms with E-state index in [1.807, 2.05) is 31.2 Å². The van der Waals surface area contributed by atoms with E-state index >= 15 is 0 Å². The lowest BCUT2D eigenvalue weighted by Crippen LogP contribution is -2.36. The van der Waals surface area contributed by atoms with Crippen LogP contribution in [0.3, 0.4) is 0 Å². The van der Waals surface area contributed by atoms with Gasteiger partial charge in [-0.1, -0.05) is 17.7 Å². The van der Waals surface area contributed by atoms with Crippen LogP contribution in [-0.2, 0) is 9.59 Å². The van der Waals surface area contributed by atoms with E-state index in [9.17, 15) is 9.59 Å². The van der Waals surface area contributed by atoms with Gasteiger partial charge in [0.25, 0.3) is 0 Å². The van der Waals surface area contributed by atoms with Crippen LogP contribution in [0, 0.1) is 13.8 Å². The van der Waals surface area contributed by atoms with Gasteiger partial charge in [-0.25, -0.2) is 4.68 Å². The summed E-state index contributed by atoms with van der Waals surface area (Å²) in [6.45, 7) is 3.69. The molecule has 0 fully saturated rings. The van der Waals surface area contributed by atoms with Crippen LogP contribution < -0.4 is 10.6 Å². The summed E-state index contributed by atoms with van der Waals surface area (Å²) in [5.74, 6) is 0.312. The molecular weight excluding hydrogens is 270 g/mol. The molecule has 2 amide bonds. The number of aryl methyl sites for hydroxylation is 2. The number of hydrogen-bond donors (Lipinski definition) is 2. The van der Waals surface area contributed by atoms with Crippen molar-refractivity contribution in [3.8, 4) is 0 Å². The molecule has 3 rings (SSSR count). The molecule has 7 heteroatoms. The van der Waals surface area contributed by atoms with Crippen LogP contribution in [-0.4, -0.2) is 26.6 Å². The fourth-order valence-electron chi connectivity index (χ4n) is 2.24. The number of carbonyl (C=O) groups excluding carboxylic acids is 2. The molecule has 108 valence electrons. The first-order valence-corrected chi connectivity index (χ1v) is 6.63. The van der Waals surface area contributed by atoms with E-state index in [1.54, 1.807) is 6.92 Å². The van der Waals surface area contributed by atoms with Crippen LogP contribution in [0.5, 0.6) is 0 Å². The molecular formula is C14H15N5O2. The Morgan fingerprint density at radius 1 is 1.33 bits per heavy atom. The van der Waals surface area contributed by atoms with Crippen LogP contribution >= 0.6 is 0 Å². The van der Waals surface area contributed by atoms with Gasteiger partial charge in [0.05, 0.1) is 6.42 Å². The quantitative estimate of drug-likeness (QED) is 0.873. The Balaban J connectivity index is 1.84. The molecule has 21 heavy (non-hydrogen) atoms. The molecule has 1 unspecified atom stereocenters. The Bertz CT molecular complexity index is 705. The molecule has 0 saturated carbocycles. The Labute approximate surface area is 121 Å². The molecule has 0 bridgehead atoms. The molecule has 1 aliphatic heterocycles. The number of benzene rings is 1. The highest BCUT2D eigenvalue weighted by Crippen LogP contribution is 2.24. The van der Waals surface area contributed by atoms with E-state index in [0.717, 1.165) is 5.56 Å². The Morgan fingerprint density at radius 3 is 2.76 bits per heavy atom. The average molecular weight is 285 g/mol. The Kier molecular flexibility index (Phi) is 3.17. The summed E-state index contributed by atoms with van der Waals surface area (Å²) in [6, 6.07) is 6.78. The lowest BCUT2D eigenvalue weighted by Gasteiger charge is -2.22. The molecule has 0 saturated heterocycles. The van der Waals surface area contributed by atoms with Gasteiger partial charge in [-0.2, -0.15) is 10.1 Å². The molecule has 0 radical (unpaired) electrons. The van der Waals surface area contributed by atoms with Crippen LogP contribution in [0.4, 0.5) is 11.6 Å². The third-order valence-corrected chi connectivity index (χ3v) is 3.28. The predicted molar refractivity (Wildman–Crippen MR) is 76.9 cm³/mol. The zero-order valence-corrected chi connectivity index (χ0v) is 11.8. The second-order valence-electron chi connectivity index (χ2n) is 5.05. The molecule has 0 aliphatic carbocycles. The maximum Gasteiger partial charge on any atom is 0.249 e. The van der Waals surface area contributed by atoms with E-state index in [1.165, 1.54) is 4.68 Å². The minimum atomic E-state index is -0.684. The highest BCUT2D eigenvalue weighted by atomic mass is 16.2. The largest absolute Gasteiger partial charge is 0.324 e. The maximum atomic E-state index is 12.4. The first kappa shape index (κ1) is 13.3. The summed E-state index contributed by atoms with van der Waals surface area (Å²) in [5.41, 5.74) is 1.80. The second kappa shape index (κ2) is 5.01. The number of carbonyl (C=O) groups is 2. The monoisotopic (exact) mass is 285 g/mol. The van der Waals surface area contributed by atoms with Crippen LogP contribution in [0.2, 0.25) is 0 Å². The number of rotatable bonds is 2. The Morgan fingerprint density at radius 2 is 2.05 bits per heavy atom. The van der Waals surface area contributed by atoms with Crippen molar-refractivity contribution in [3.63, 3.8) is 0 Å². The number of nitrogens with one attached hydrogen (secondary N) is 2. The highest BCUT2D eigenvalue weighted by Gasteiger charge is 2.32. The van der Waals surface area contributed by atoms with Crippen molar-refractivity contribution in [2.24, 2.45) is 0 Å². The Hall–Kier alpha value is -2.70. The van der Waals surface area contributed by atoms with Crippen molar-refractivity contribution in [1.29, 1.82) is 0 Å². The molecule has 2 aromatic rings. The normalized spacial score (nSPS) is 17.0. The number of fused-ring (bicyclic) bond motifs is 1. The van der Waals surface area contributed by atoms with E-state index in [4.69, 9.17) is 0 Å². The summed E-state index contributed by atoms with van der Waals surface area (Å²) < 4.78 is 1.46. The molecule has 1 atom stereocenters. The topological polar surface area (TPSA) is 88.9 Å². The van der Waals surface area contributed by atoms with E-state index in [2.05, 4.69) is 20.7 Å². The van der Waals surface area contributed by atoms with E-state index in [-0.39, 0.29) is 18.2 Å². The zero-order chi connectivity index (χ0) is 15.0. The van der Waals surface area contributed by atoms with Crippen LogP contribution in [0.25, 0.3) is 0 Å². The maximum absolute atomic E-state index is 12.4. The predicted octanol–water partition coefficient (Wildman–Crippen LogP) is 1.42. The summed E-state index contributed by atoms with van der Waals surface area (Å²) in [7, 11) is 0. The molecule has 2 N–H and O–H groups in total. The third kappa shape index (κ3) is 2.62. The number of amides is 2. The fraction of sp³-hybridized carbons (Fsp3) is 0.286. The molecule has 1 aromatic carbocycles. The summed E-state index contributed by atoms with van der Waals surface area (Å²) in [4.78, 5) is 28.2. The summed E-state index contributed by atoms with van der Waals surface area (Å²) in [6.07, 6.45) is 0.0491. The molecule has 1 aromatic heterocycles. The van der Waals surface area contributed by atoms with Crippen molar-refractivity contribution in [1.82, 2.24) is 14.8 Å². The van der Waals surface area contributed by atoms with Gasteiger partial charge in [-0.05, 0) is 26.0 Å². The van der Waals surface area contributed by atoms with Gasteiger partial charge in [0.2, 0.25) is 17.8 Å². The number of anilines is 2. The van der Waals surface area contributed by atoms with E-state index < -0.39 is 6.04 Å². The van der Waals surface area contributed by atoms with Crippen molar-refractivity contribution < 1.29 is 9.59 Å². The van der Waals surface area contributed by atoms with Crippen LogP contribution in [0.1, 0.15) is 23.9 Å². The summed E-state index contributed by atoms with van der Waals surface area (Å²) >= 11 is 0. The second-order valence-corrected chi connectivity index (χ2v) is 5.05. The smallest absolute Gasteiger partial charge is 0.249 e. The molecule has 0 spiro atoms. The van der Waals surface area contributed by atoms with Crippen molar-refractivity contribution in [3.05, 3.63) is 35.7 Å². The van der Waals surface area contributed by atoms with Gasteiger partial charge in [-0.3, -0.25) is 14.9 Å². The minimum absolute atomic E-state index is 0.0491. The first-order chi connectivity index (χ1) is 10.0. The summed E-state index contributed by atoms with van der Waals surface area (Å²) in [5, 5.41) is 9.58. The lowest BCUT2D eigenvalue weighted by atomic mass is 10.1. The van der Waals surface area contributed by atoms with Crippen molar-refractivity contribution >= 4 is 23.5 Å². The van der Waals surface area contributed by atoms with Crippen molar-refractivity contribution in [2.75, 3.05) is 10.6 Å². The van der Waals surface area contributed by atoms with Gasteiger partial charge in [-0.15, -0.1) is 0 Å². The SMILES string of the molecule is Cc1ccc(NC(=O)C2CC(=O)Nc3nc(C)nn32)cc1. The molecule has 1 aliphatic rings. The number of nitrogens with zero attached hydrogens (tertiary/aromatic N) is 3. The van der Waals surface area contributed by atoms with Gasteiger partial charge in [0, 0.05) is 5.69 Å². The van der Waals surface area contributed by atoms with Crippen LogP contribution in [0.15, 0.2) is 24.3 Å². The average Bonchev–Trinajstić information content (AvgIpc) is 2.80. The zero-order valence-electron chi connectivity index (χ0n) is 11.8.